The lowest BCUT2D eigenvalue weighted by Gasteiger charge is -2.21. The molecule has 0 aromatic rings. The van der Waals surface area contributed by atoms with E-state index in [1.54, 1.807) is 0 Å². The van der Waals surface area contributed by atoms with Crippen molar-refractivity contribution >= 4 is 37.8 Å². The zero-order valence-corrected chi connectivity index (χ0v) is 8.83. The van der Waals surface area contributed by atoms with Gasteiger partial charge in [-0.2, -0.15) is 0 Å². The highest BCUT2D eigenvalue weighted by Crippen LogP contribution is 2.33. The van der Waals surface area contributed by atoms with E-state index in [4.69, 9.17) is 0 Å². The maximum Gasteiger partial charge on any atom is 0.220 e. The summed E-state index contributed by atoms with van der Waals surface area (Å²) in [5.74, 6) is 0.148. The smallest absolute Gasteiger partial charge is 0.220 e. The van der Waals surface area contributed by atoms with Crippen molar-refractivity contribution in [2.45, 2.75) is 29.0 Å². The van der Waals surface area contributed by atoms with Crippen LogP contribution in [-0.2, 0) is 4.79 Å². The minimum atomic E-state index is -0.147. The largest absolute Gasteiger partial charge is 0.351 e. The van der Waals surface area contributed by atoms with Crippen molar-refractivity contribution in [1.82, 2.24) is 5.32 Å². The number of hydrogen-bond acceptors (Lipinski definition) is 1. The van der Waals surface area contributed by atoms with E-state index in [0.717, 1.165) is 6.42 Å². The van der Waals surface area contributed by atoms with Gasteiger partial charge >= 0.3 is 0 Å². The molecule has 0 radical (unpaired) electrons. The van der Waals surface area contributed by atoms with E-state index in [1.807, 2.05) is 6.92 Å². The van der Waals surface area contributed by atoms with E-state index in [1.165, 1.54) is 0 Å². The van der Waals surface area contributed by atoms with E-state index in [-0.39, 0.29) is 15.2 Å². The lowest BCUT2D eigenvalue weighted by molar-refractivity contribution is -0.119. The lowest BCUT2D eigenvalue weighted by Crippen LogP contribution is -2.37. The molecule has 1 heterocycles. The fourth-order valence-electron chi connectivity index (χ4n) is 0.994. The van der Waals surface area contributed by atoms with Crippen molar-refractivity contribution in [3.8, 4) is 0 Å². The molecular weight excluding hydrogens is 262 g/mol. The van der Waals surface area contributed by atoms with Gasteiger partial charge in [-0.25, -0.2) is 0 Å². The minimum absolute atomic E-state index is 0.147. The fraction of sp³-hybridized carbons (Fsp3) is 0.833. The Hall–Kier alpha value is 0.430. The highest BCUT2D eigenvalue weighted by atomic mass is 79.9. The van der Waals surface area contributed by atoms with Crippen molar-refractivity contribution in [3.63, 3.8) is 0 Å². The summed E-state index contributed by atoms with van der Waals surface area (Å²) in [6, 6.07) is 0.222. The molecule has 0 unspecified atom stereocenters. The Morgan fingerprint density at radius 1 is 1.70 bits per heavy atom. The summed E-state index contributed by atoms with van der Waals surface area (Å²) in [6.45, 7) is 1.99. The van der Waals surface area contributed by atoms with Gasteiger partial charge in [0.05, 0.1) is 9.28 Å². The van der Waals surface area contributed by atoms with Crippen LogP contribution in [0.3, 0.4) is 0 Å². The highest BCUT2D eigenvalue weighted by molar-refractivity contribution is 9.25. The Balaban J connectivity index is 2.53. The molecule has 0 aliphatic carbocycles. The van der Waals surface area contributed by atoms with Gasteiger partial charge < -0.3 is 5.32 Å². The summed E-state index contributed by atoms with van der Waals surface area (Å²) in [5, 5.41) is 2.86. The summed E-state index contributed by atoms with van der Waals surface area (Å²) >= 11 is 6.87. The summed E-state index contributed by atoms with van der Waals surface area (Å²) in [5.41, 5.74) is 0. The molecule has 58 valence electrons. The Labute approximate surface area is 77.0 Å². The van der Waals surface area contributed by atoms with E-state index in [2.05, 4.69) is 37.2 Å². The van der Waals surface area contributed by atoms with Crippen LogP contribution in [0.1, 0.15) is 19.8 Å². The van der Waals surface area contributed by atoms with Crippen LogP contribution < -0.4 is 5.32 Å². The van der Waals surface area contributed by atoms with Crippen LogP contribution in [0.2, 0.25) is 0 Å². The van der Waals surface area contributed by atoms with E-state index in [9.17, 15) is 4.79 Å². The normalized spacial score (nSPS) is 26.7. The second-order valence-electron chi connectivity index (χ2n) is 2.62. The maximum absolute atomic E-state index is 10.7. The first-order valence-corrected chi connectivity index (χ1v) is 4.76. The molecule has 1 aliphatic heterocycles. The first-order chi connectivity index (χ1) is 4.50. The third-order valence-corrected chi connectivity index (χ3v) is 2.71. The van der Waals surface area contributed by atoms with Crippen molar-refractivity contribution in [3.05, 3.63) is 0 Å². The van der Waals surface area contributed by atoms with Gasteiger partial charge in [-0.15, -0.1) is 0 Å². The molecule has 1 saturated heterocycles. The number of carbonyl (C=O) groups is 1. The second kappa shape index (κ2) is 2.81. The zero-order chi connectivity index (χ0) is 7.78. The van der Waals surface area contributed by atoms with Gasteiger partial charge in [0, 0.05) is 6.42 Å². The van der Waals surface area contributed by atoms with Crippen LogP contribution in [-0.4, -0.2) is 15.2 Å². The van der Waals surface area contributed by atoms with E-state index in [0.29, 0.717) is 6.42 Å². The summed E-state index contributed by atoms with van der Waals surface area (Å²) < 4.78 is -0.147. The quantitative estimate of drug-likeness (QED) is 0.723. The molecule has 1 fully saturated rings. The summed E-state index contributed by atoms with van der Waals surface area (Å²) in [4.78, 5) is 10.7. The van der Waals surface area contributed by atoms with Crippen molar-refractivity contribution < 1.29 is 4.79 Å². The van der Waals surface area contributed by atoms with Crippen LogP contribution >= 0.6 is 31.9 Å². The van der Waals surface area contributed by atoms with Crippen molar-refractivity contribution in [2.24, 2.45) is 0 Å². The Morgan fingerprint density at radius 3 is 2.50 bits per heavy atom. The van der Waals surface area contributed by atoms with Gasteiger partial charge in [-0.05, 0) is 13.3 Å². The Morgan fingerprint density at radius 2 is 2.30 bits per heavy atom. The number of alkyl halides is 2. The molecule has 0 saturated carbocycles. The molecule has 2 nitrogen and oxygen atoms in total. The predicted molar refractivity (Wildman–Crippen MR) is 47.4 cm³/mol. The third-order valence-electron chi connectivity index (χ3n) is 1.61. The lowest BCUT2D eigenvalue weighted by atomic mass is 10.2. The van der Waals surface area contributed by atoms with E-state index < -0.39 is 0 Å². The molecule has 0 aromatic heterocycles. The van der Waals surface area contributed by atoms with Gasteiger partial charge in [0.25, 0.3) is 0 Å². The van der Waals surface area contributed by atoms with E-state index >= 15 is 0 Å². The molecule has 1 rings (SSSR count). The molecule has 4 heteroatoms. The average molecular weight is 271 g/mol. The average Bonchev–Trinajstić information content (AvgIpc) is 2.11. The van der Waals surface area contributed by atoms with Crippen LogP contribution in [0.25, 0.3) is 0 Å². The summed E-state index contributed by atoms with van der Waals surface area (Å²) in [7, 11) is 0. The number of rotatable bonds is 1. The SMILES string of the molecule is CC(Br)(Br)[C@H]1CCC(=O)N1. The minimum Gasteiger partial charge on any atom is -0.351 e. The molecule has 10 heavy (non-hydrogen) atoms. The fourth-order valence-corrected chi connectivity index (χ4v) is 1.68. The molecule has 0 aromatic carbocycles. The summed E-state index contributed by atoms with van der Waals surface area (Å²) in [6.07, 6.45) is 1.56. The van der Waals surface area contributed by atoms with Crippen LogP contribution in [0, 0.1) is 0 Å². The molecule has 1 aliphatic rings. The standard InChI is InChI=1S/C6H9Br2NO/c1-6(7,8)4-2-3-5(10)9-4/h4H,2-3H2,1H3,(H,9,10)/t4-/m1/s1. The topological polar surface area (TPSA) is 29.1 Å². The zero-order valence-electron chi connectivity index (χ0n) is 5.66. The van der Waals surface area contributed by atoms with Gasteiger partial charge in [0.2, 0.25) is 5.91 Å². The van der Waals surface area contributed by atoms with Crippen molar-refractivity contribution in [2.75, 3.05) is 0 Å². The second-order valence-corrected chi connectivity index (χ2v) is 6.97. The molecule has 1 N–H and O–H groups in total. The number of nitrogens with one attached hydrogen (secondary N) is 1. The monoisotopic (exact) mass is 269 g/mol. The van der Waals surface area contributed by atoms with Crippen LogP contribution in [0.15, 0.2) is 0 Å². The Kier molecular flexibility index (Phi) is 2.40. The third kappa shape index (κ3) is 1.95. The number of halogens is 2. The van der Waals surface area contributed by atoms with Crippen molar-refractivity contribution in [1.29, 1.82) is 0 Å². The molecule has 0 bridgehead atoms. The first-order valence-electron chi connectivity index (χ1n) is 3.17. The molecule has 0 spiro atoms. The maximum atomic E-state index is 10.7. The van der Waals surface area contributed by atoms with Gasteiger partial charge in [0.1, 0.15) is 0 Å². The number of amides is 1. The van der Waals surface area contributed by atoms with Gasteiger partial charge in [-0.3, -0.25) is 4.79 Å². The predicted octanol–water partition coefficient (Wildman–Crippen LogP) is 1.77. The number of hydrogen-bond donors (Lipinski definition) is 1. The van der Waals surface area contributed by atoms with Crippen LogP contribution in [0.5, 0.6) is 0 Å². The van der Waals surface area contributed by atoms with Gasteiger partial charge in [-0.1, -0.05) is 31.9 Å². The molecule has 1 amide bonds. The van der Waals surface area contributed by atoms with Gasteiger partial charge in [0.15, 0.2) is 0 Å². The van der Waals surface area contributed by atoms with Crippen LogP contribution in [0.4, 0.5) is 0 Å². The number of carbonyl (C=O) groups excluding carboxylic acids is 1. The first kappa shape index (κ1) is 8.53. The Bertz CT molecular complexity index is 152. The highest BCUT2D eigenvalue weighted by Gasteiger charge is 2.33. The molecular formula is C6H9Br2NO. The molecule has 1 atom stereocenters.